The third-order valence-electron chi connectivity index (χ3n) is 3.01. The Kier molecular flexibility index (Phi) is 13.1. The van der Waals surface area contributed by atoms with Crippen molar-refractivity contribution >= 4 is 34.5 Å². The summed E-state index contributed by atoms with van der Waals surface area (Å²) in [6, 6.07) is 0. The van der Waals surface area contributed by atoms with E-state index in [1.807, 2.05) is 6.92 Å². The van der Waals surface area contributed by atoms with Crippen molar-refractivity contribution in [3.63, 3.8) is 0 Å². The molecule has 0 saturated heterocycles. The quantitative estimate of drug-likeness (QED) is 0.208. The molecular formula is C16H29IO4. The van der Waals surface area contributed by atoms with Crippen molar-refractivity contribution < 1.29 is 19.1 Å². The second-order valence-corrected chi connectivity index (χ2v) is 6.56. The minimum Gasteiger partial charge on any atom is -0.466 e. The summed E-state index contributed by atoms with van der Waals surface area (Å²) >= 11 is 2.12. The molecule has 1 atom stereocenters. The summed E-state index contributed by atoms with van der Waals surface area (Å²) in [6.07, 6.45) is 5.35. The second-order valence-electron chi connectivity index (χ2n) is 5.68. The summed E-state index contributed by atoms with van der Waals surface area (Å²) in [5.74, 6) is 0.222. The number of rotatable bonds is 12. The average Bonchev–Trinajstić information content (AvgIpc) is 2.41. The summed E-state index contributed by atoms with van der Waals surface area (Å²) in [5, 5.41) is 0. The van der Waals surface area contributed by atoms with E-state index in [2.05, 4.69) is 36.4 Å². The molecule has 0 heterocycles. The number of hydrogen-bond donors (Lipinski definition) is 0. The van der Waals surface area contributed by atoms with Gasteiger partial charge >= 0.3 is 11.9 Å². The zero-order valence-electron chi connectivity index (χ0n) is 13.5. The smallest absolute Gasteiger partial charge is 0.309 e. The Labute approximate surface area is 142 Å². The van der Waals surface area contributed by atoms with Crippen LogP contribution in [0.4, 0.5) is 0 Å². The highest BCUT2D eigenvalue weighted by Crippen LogP contribution is 2.10. The van der Waals surface area contributed by atoms with E-state index >= 15 is 0 Å². The third kappa shape index (κ3) is 13.1. The lowest BCUT2D eigenvalue weighted by Gasteiger charge is -2.14. The highest BCUT2D eigenvalue weighted by Gasteiger charge is 2.17. The van der Waals surface area contributed by atoms with Crippen molar-refractivity contribution in [2.45, 2.75) is 71.8 Å². The molecule has 0 aromatic rings. The molecule has 21 heavy (non-hydrogen) atoms. The van der Waals surface area contributed by atoms with Gasteiger partial charge in [-0.3, -0.25) is 9.59 Å². The Balaban J connectivity index is 3.72. The van der Waals surface area contributed by atoms with Crippen molar-refractivity contribution in [1.82, 2.24) is 0 Å². The minimum absolute atomic E-state index is 0.157. The van der Waals surface area contributed by atoms with Gasteiger partial charge in [0, 0.05) is 10.8 Å². The zero-order chi connectivity index (χ0) is 16.1. The van der Waals surface area contributed by atoms with E-state index in [0.717, 1.165) is 25.2 Å². The molecule has 124 valence electrons. The van der Waals surface area contributed by atoms with Gasteiger partial charge in [-0.1, -0.05) is 62.6 Å². The van der Waals surface area contributed by atoms with E-state index in [0.29, 0.717) is 17.5 Å². The highest BCUT2D eigenvalue weighted by atomic mass is 127. The largest absolute Gasteiger partial charge is 0.466 e. The molecule has 0 N–H and O–H groups in total. The lowest BCUT2D eigenvalue weighted by atomic mass is 10.1. The van der Waals surface area contributed by atoms with Gasteiger partial charge in [0.05, 0.1) is 13.0 Å². The van der Waals surface area contributed by atoms with Crippen LogP contribution in [0.5, 0.6) is 0 Å². The van der Waals surface area contributed by atoms with Crippen LogP contribution in [-0.2, 0) is 19.1 Å². The van der Waals surface area contributed by atoms with Crippen molar-refractivity contribution in [3.8, 4) is 0 Å². The number of carbonyl (C=O) groups is 2. The van der Waals surface area contributed by atoms with Gasteiger partial charge < -0.3 is 9.47 Å². The first-order valence-corrected chi connectivity index (χ1v) is 9.43. The maximum atomic E-state index is 11.7. The summed E-state index contributed by atoms with van der Waals surface area (Å²) in [7, 11) is 0. The molecule has 0 aliphatic carbocycles. The number of alkyl halides is 1. The van der Waals surface area contributed by atoms with Crippen LogP contribution in [0.25, 0.3) is 0 Å². The van der Waals surface area contributed by atoms with Gasteiger partial charge in [-0.05, 0) is 18.8 Å². The van der Waals surface area contributed by atoms with Crippen LogP contribution in [-0.4, -0.2) is 29.1 Å². The lowest BCUT2D eigenvalue weighted by molar-refractivity contribution is -0.153. The van der Waals surface area contributed by atoms with E-state index < -0.39 is 0 Å². The Morgan fingerprint density at radius 2 is 1.81 bits per heavy atom. The van der Waals surface area contributed by atoms with Crippen LogP contribution in [0.1, 0.15) is 65.7 Å². The van der Waals surface area contributed by atoms with Crippen molar-refractivity contribution in [2.75, 3.05) is 11.0 Å². The SMILES string of the molecule is CCCC(=O)OC(CI)CC(=O)OCCCCCC(C)C. The summed E-state index contributed by atoms with van der Waals surface area (Å²) in [5.41, 5.74) is 0. The molecule has 0 fully saturated rings. The summed E-state index contributed by atoms with van der Waals surface area (Å²) in [4.78, 5) is 23.1. The van der Waals surface area contributed by atoms with E-state index in [1.165, 1.54) is 12.8 Å². The number of unbranched alkanes of at least 4 members (excludes halogenated alkanes) is 2. The molecule has 0 amide bonds. The molecule has 1 unspecified atom stereocenters. The van der Waals surface area contributed by atoms with Crippen molar-refractivity contribution in [2.24, 2.45) is 5.92 Å². The van der Waals surface area contributed by atoms with Gasteiger partial charge in [0.25, 0.3) is 0 Å². The van der Waals surface area contributed by atoms with E-state index in [-0.39, 0.29) is 24.5 Å². The molecule has 0 aromatic heterocycles. The maximum Gasteiger partial charge on any atom is 0.309 e. The maximum absolute atomic E-state index is 11.7. The van der Waals surface area contributed by atoms with E-state index in [1.54, 1.807) is 0 Å². The summed E-state index contributed by atoms with van der Waals surface area (Å²) < 4.78 is 11.0. The van der Waals surface area contributed by atoms with Gasteiger partial charge in [0.1, 0.15) is 6.10 Å². The van der Waals surface area contributed by atoms with E-state index in [4.69, 9.17) is 9.47 Å². The van der Waals surface area contributed by atoms with Gasteiger partial charge in [-0.25, -0.2) is 0 Å². The Bertz CT molecular complexity index is 292. The van der Waals surface area contributed by atoms with Gasteiger partial charge in [0.15, 0.2) is 0 Å². The molecule has 0 radical (unpaired) electrons. The lowest BCUT2D eigenvalue weighted by Crippen LogP contribution is -2.24. The first-order valence-electron chi connectivity index (χ1n) is 7.90. The zero-order valence-corrected chi connectivity index (χ0v) is 15.7. The fourth-order valence-corrected chi connectivity index (χ4v) is 2.33. The number of esters is 2. The molecule has 0 aromatic carbocycles. The molecular weight excluding hydrogens is 383 g/mol. The van der Waals surface area contributed by atoms with Crippen LogP contribution < -0.4 is 0 Å². The Hall–Kier alpha value is -0.330. The molecule has 0 aliphatic heterocycles. The molecule has 5 heteroatoms. The first-order chi connectivity index (χ1) is 9.99. The topological polar surface area (TPSA) is 52.6 Å². The van der Waals surface area contributed by atoms with Crippen LogP contribution in [0.2, 0.25) is 0 Å². The Morgan fingerprint density at radius 3 is 2.38 bits per heavy atom. The monoisotopic (exact) mass is 412 g/mol. The molecule has 0 bridgehead atoms. The minimum atomic E-state index is -0.363. The summed E-state index contributed by atoms with van der Waals surface area (Å²) in [6.45, 7) is 6.82. The van der Waals surface area contributed by atoms with Crippen molar-refractivity contribution in [3.05, 3.63) is 0 Å². The highest BCUT2D eigenvalue weighted by molar-refractivity contribution is 14.1. The molecule has 0 rings (SSSR count). The number of hydrogen-bond acceptors (Lipinski definition) is 4. The number of halogens is 1. The predicted molar refractivity (Wildman–Crippen MR) is 92.6 cm³/mol. The van der Waals surface area contributed by atoms with Crippen LogP contribution >= 0.6 is 22.6 Å². The fraction of sp³-hybridized carbons (Fsp3) is 0.875. The third-order valence-corrected chi connectivity index (χ3v) is 3.99. The molecule has 0 spiro atoms. The average molecular weight is 412 g/mol. The molecule has 4 nitrogen and oxygen atoms in total. The standard InChI is InChI=1S/C16H29IO4/c1-4-8-15(18)21-14(12-17)11-16(19)20-10-7-5-6-9-13(2)3/h13-14H,4-12H2,1-3H3. The van der Waals surface area contributed by atoms with E-state index in [9.17, 15) is 9.59 Å². The first kappa shape index (κ1) is 20.7. The Morgan fingerprint density at radius 1 is 1.10 bits per heavy atom. The van der Waals surface area contributed by atoms with Gasteiger partial charge in [-0.15, -0.1) is 0 Å². The molecule has 0 aliphatic rings. The fourth-order valence-electron chi connectivity index (χ4n) is 1.84. The number of carbonyl (C=O) groups excluding carboxylic acids is 2. The van der Waals surface area contributed by atoms with Crippen LogP contribution in [0.15, 0.2) is 0 Å². The van der Waals surface area contributed by atoms with Crippen LogP contribution in [0.3, 0.4) is 0 Å². The normalized spacial score (nSPS) is 12.2. The predicted octanol–water partition coefficient (Wildman–Crippen LogP) is 4.28. The van der Waals surface area contributed by atoms with Gasteiger partial charge in [-0.2, -0.15) is 0 Å². The van der Waals surface area contributed by atoms with Gasteiger partial charge in [0.2, 0.25) is 0 Å². The molecule has 0 saturated carbocycles. The van der Waals surface area contributed by atoms with Crippen LogP contribution in [0, 0.1) is 5.92 Å². The second kappa shape index (κ2) is 13.3. The van der Waals surface area contributed by atoms with Crippen molar-refractivity contribution in [1.29, 1.82) is 0 Å². The number of ether oxygens (including phenoxy) is 2.